The minimum Gasteiger partial charge on any atom is -0.378 e. The molecule has 0 saturated carbocycles. The summed E-state index contributed by atoms with van der Waals surface area (Å²) in [4.78, 5) is 0. The van der Waals surface area contributed by atoms with Crippen LogP contribution in [0.3, 0.4) is 0 Å². The van der Waals surface area contributed by atoms with E-state index in [2.05, 4.69) is 49.9 Å². The van der Waals surface area contributed by atoms with Crippen molar-refractivity contribution >= 4 is 0 Å². The molecule has 0 radical (unpaired) electrons. The molecule has 18 heavy (non-hydrogen) atoms. The van der Waals surface area contributed by atoms with Crippen LogP contribution < -0.4 is 5.73 Å². The molecule has 0 spiro atoms. The molecule has 0 bridgehead atoms. The van der Waals surface area contributed by atoms with Gasteiger partial charge in [0.05, 0.1) is 12.6 Å². The summed E-state index contributed by atoms with van der Waals surface area (Å²) in [6.07, 6.45) is 3.84. The van der Waals surface area contributed by atoms with E-state index in [9.17, 15) is 0 Å². The Morgan fingerprint density at radius 1 is 1.33 bits per heavy atom. The summed E-state index contributed by atoms with van der Waals surface area (Å²) >= 11 is 0. The van der Waals surface area contributed by atoms with Crippen molar-refractivity contribution in [1.29, 1.82) is 0 Å². The third-order valence-corrected chi connectivity index (χ3v) is 4.29. The quantitative estimate of drug-likeness (QED) is 0.872. The average Bonchev–Trinajstić information content (AvgIpc) is 2.40. The first-order chi connectivity index (χ1) is 8.68. The van der Waals surface area contributed by atoms with Crippen molar-refractivity contribution in [1.82, 2.24) is 0 Å². The normalized spacial score (nSPS) is 28.6. The second-order valence-corrected chi connectivity index (χ2v) is 5.86. The van der Waals surface area contributed by atoms with E-state index in [0.717, 1.165) is 26.0 Å². The summed E-state index contributed by atoms with van der Waals surface area (Å²) in [5.74, 6) is 0.596. The fourth-order valence-electron chi connectivity index (χ4n) is 3.14. The van der Waals surface area contributed by atoms with Gasteiger partial charge in [0.25, 0.3) is 0 Å². The summed E-state index contributed by atoms with van der Waals surface area (Å²) < 4.78 is 5.94. The van der Waals surface area contributed by atoms with Gasteiger partial charge in [0.15, 0.2) is 0 Å². The van der Waals surface area contributed by atoms with Gasteiger partial charge in [-0.1, -0.05) is 44.2 Å². The Hall–Kier alpha value is -0.860. The summed E-state index contributed by atoms with van der Waals surface area (Å²) in [6.45, 7) is 6.41. The largest absolute Gasteiger partial charge is 0.378 e. The lowest BCUT2D eigenvalue weighted by atomic mass is 9.69. The van der Waals surface area contributed by atoms with E-state index in [1.165, 1.54) is 12.0 Å². The summed E-state index contributed by atoms with van der Waals surface area (Å²) in [5.41, 5.74) is 5.84. The zero-order valence-corrected chi connectivity index (χ0v) is 11.7. The van der Waals surface area contributed by atoms with Crippen molar-refractivity contribution in [3.8, 4) is 0 Å². The van der Waals surface area contributed by atoms with Gasteiger partial charge in [-0.15, -0.1) is 0 Å². The number of quaternary nitrogens is 1. The number of ether oxygens (including phenoxy) is 1. The van der Waals surface area contributed by atoms with E-state index in [4.69, 9.17) is 4.74 Å². The number of hydrogen-bond acceptors (Lipinski definition) is 1. The highest BCUT2D eigenvalue weighted by Gasteiger charge is 2.39. The van der Waals surface area contributed by atoms with Crippen LogP contribution in [-0.2, 0) is 10.2 Å². The predicted molar refractivity (Wildman–Crippen MR) is 74.3 cm³/mol. The van der Waals surface area contributed by atoms with Crippen molar-refractivity contribution in [2.75, 3.05) is 13.2 Å². The van der Waals surface area contributed by atoms with Crippen LogP contribution in [0.25, 0.3) is 0 Å². The fraction of sp³-hybridized carbons (Fsp3) is 0.625. The minimum absolute atomic E-state index is 0.288. The van der Waals surface area contributed by atoms with Gasteiger partial charge in [-0.2, -0.15) is 0 Å². The number of hydrogen-bond donors (Lipinski definition) is 1. The van der Waals surface area contributed by atoms with E-state index in [-0.39, 0.29) is 5.41 Å². The molecule has 2 nitrogen and oxygen atoms in total. The Bertz CT molecular complexity index is 359. The Labute approximate surface area is 111 Å². The zero-order valence-electron chi connectivity index (χ0n) is 11.7. The van der Waals surface area contributed by atoms with E-state index in [1.807, 2.05) is 0 Å². The molecule has 100 valence electrons. The average molecular weight is 248 g/mol. The first-order valence-corrected chi connectivity index (χ1v) is 7.14. The van der Waals surface area contributed by atoms with Crippen molar-refractivity contribution in [3.05, 3.63) is 35.9 Å². The minimum atomic E-state index is 0.288. The Kier molecular flexibility index (Phi) is 4.41. The van der Waals surface area contributed by atoms with E-state index in [0.29, 0.717) is 12.0 Å². The summed E-state index contributed by atoms with van der Waals surface area (Å²) in [7, 11) is 0. The molecule has 0 aliphatic carbocycles. The molecular formula is C16H26NO+. The lowest BCUT2D eigenvalue weighted by Crippen LogP contribution is -2.54. The number of rotatable bonds is 4. The van der Waals surface area contributed by atoms with E-state index >= 15 is 0 Å². The highest BCUT2D eigenvalue weighted by molar-refractivity contribution is 5.26. The van der Waals surface area contributed by atoms with Gasteiger partial charge in [0, 0.05) is 18.4 Å². The standard InChI is InChI=1S/C16H25NO/c1-13(2)15-12-16(8-10-17,9-11-18-15)14-6-4-3-5-7-14/h3-7,13,15H,8-12,17H2,1-2H3/p+1/t15-,16+/m0/s1. The van der Waals surface area contributed by atoms with Crippen LogP contribution in [0.5, 0.6) is 0 Å². The van der Waals surface area contributed by atoms with Gasteiger partial charge in [0.1, 0.15) is 0 Å². The zero-order chi connectivity index (χ0) is 13.0. The monoisotopic (exact) mass is 248 g/mol. The molecular weight excluding hydrogens is 222 g/mol. The Balaban J connectivity index is 2.26. The molecule has 1 saturated heterocycles. The molecule has 1 aromatic rings. The molecule has 1 aliphatic heterocycles. The maximum atomic E-state index is 5.94. The van der Waals surface area contributed by atoms with E-state index in [1.54, 1.807) is 0 Å². The molecule has 1 heterocycles. The lowest BCUT2D eigenvalue weighted by Gasteiger charge is -2.42. The SMILES string of the molecule is CC(C)[C@@H]1C[C@](CC[NH3+])(c2ccccc2)CCO1. The molecule has 1 aliphatic rings. The van der Waals surface area contributed by atoms with Gasteiger partial charge >= 0.3 is 0 Å². The summed E-state index contributed by atoms with van der Waals surface area (Å²) in [6, 6.07) is 11.0. The van der Waals surface area contributed by atoms with Crippen LogP contribution in [0.15, 0.2) is 30.3 Å². The van der Waals surface area contributed by atoms with Gasteiger partial charge in [-0.05, 0) is 24.3 Å². The molecule has 2 atom stereocenters. The maximum Gasteiger partial charge on any atom is 0.0748 e. The fourth-order valence-corrected chi connectivity index (χ4v) is 3.14. The van der Waals surface area contributed by atoms with Gasteiger partial charge in [0.2, 0.25) is 0 Å². The van der Waals surface area contributed by atoms with Gasteiger partial charge in [-0.3, -0.25) is 0 Å². The summed E-state index contributed by atoms with van der Waals surface area (Å²) in [5, 5.41) is 0. The lowest BCUT2D eigenvalue weighted by molar-refractivity contribution is -0.371. The second kappa shape index (κ2) is 5.85. The van der Waals surface area contributed by atoms with E-state index < -0.39 is 0 Å². The topological polar surface area (TPSA) is 36.9 Å². The van der Waals surface area contributed by atoms with Crippen LogP contribution in [-0.4, -0.2) is 19.3 Å². The Morgan fingerprint density at radius 3 is 2.67 bits per heavy atom. The van der Waals surface area contributed by atoms with Crippen LogP contribution in [0.4, 0.5) is 0 Å². The van der Waals surface area contributed by atoms with Gasteiger partial charge in [-0.25, -0.2) is 0 Å². The molecule has 2 heteroatoms. The molecule has 2 rings (SSSR count). The van der Waals surface area contributed by atoms with Crippen LogP contribution in [0, 0.1) is 5.92 Å². The third kappa shape index (κ3) is 2.76. The highest BCUT2D eigenvalue weighted by Crippen LogP contribution is 2.41. The molecule has 0 unspecified atom stereocenters. The smallest absolute Gasteiger partial charge is 0.0748 e. The third-order valence-electron chi connectivity index (χ3n) is 4.29. The maximum absolute atomic E-state index is 5.94. The molecule has 1 fully saturated rings. The molecule has 0 aromatic heterocycles. The van der Waals surface area contributed by atoms with Crippen LogP contribution >= 0.6 is 0 Å². The van der Waals surface area contributed by atoms with Crippen LogP contribution in [0.2, 0.25) is 0 Å². The number of benzene rings is 1. The Morgan fingerprint density at radius 2 is 2.06 bits per heavy atom. The van der Waals surface area contributed by atoms with Crippen molar-refractivity contribution in [2.45, 2.75) is 44.6 Å². The van der Waals surface area contributed by atoms with Crippen molar-refractivity contribution in [3.63, 3.8) is 0 Å². The van der Waals surface area contributed by atoms with Crippen molar-refractivity contribution in [2.24, 2.45) is 5.92 Å². The van der Waals surface area contributed by atoms with Crippen molar-refractivity contribution < 1.29 is 10.5 Å². The van der Waals surface area contributed by atoms with Gasteiger partial charge < -0.3 is 10.5 Å². The second-order valence-electron chi connectivity index (χ2n) is 5.86. The first kappa shape index (κ1) is 13.6. The molecule has 0 amide bonds. The predicted octanol–water partition coefficient (Wildman–Crippen LogP) is 2.39. The molecule has 1 aromatic carbocycles. The highest BCUT2D eigenvalue weighted by atomic mass is 16.5. The molecule has 3 N–H and O–H groups in total. The van der Waals surface area contributed by atoms with Crippen LogP contribution in [0.1, 0.15) is 38.7 Å². The first-order valence-electron chi connectivity index (χ1n) is 7.14.